The van der Waals surface area contributed by atoms with Gasteiger partial charge in [-0.25, -0.2) is 16.8 Å². The smallest absolute Gasteiger partial charge is 0.243 e. The molecule has 9 heteroatoms. The van der Waals surface area contributed by atoms with Crippen LogP contribution in [-0.2, 0) is 24.8 Å². The third kappa shape index (κ3) is 4.43. The zero-order valence-corrected chi connectivity index (χ0v) is 14.9. The molecule has 0 aliphatic carbocycles. The molecule has 0 spiro atoms. The lowest BCUT2D eigenvalue weighted by molar-refractivity contribution is 0.0393. The molecule has 1 heterocycles. The van der Waals surface area contributed by atoms with Crippen LogP contribution in [0.25, 0.3) is 0 Å². The van der Waals surface area contributed by atoms with Gasteiger partial charge in [0.1, 0.15) is 0 Å². The van der Waals surface area contributed by atoms with Crippen molar-refractivity contribution in [3.05, 3.63) is 24.3 Å². The van der Waals surface area contributed by atoms with Crippen molar-refractivity contribution >= 4 is 25.7 Å². The van der Waals surface area contributed by atoms with Crippen molar-refractivity contribution in [1.29, 1.82) is 0 Å². The quantitative estimate of drug-likeness (QED) is 0.822. The van der Waals surface area contributed by atoms with Crippen molar-refractivity contribution in [3.8, 4) is 0 Å². The summed E-state index contributed by atoms with van der Waals surface area (Å²) in [5.74, 6) is -0.00945. The van der Waals surface area contributed by atoms with Crippen LogP contribution in [0.2, 0.25) is 0 Å². The number of benzene rings is 1. The van der Waals surface area contributed by atoms with Gasteiger partial charge in [-0.2, -0.15) is 4.31 Å². The topological polar surface area (TPSA) is 92.8 Å². The fraction of sp³-hybridized carbons (Fsp3) is 0.571. The van der Waals surface area contributed by atoms with Crippen LogP contribution in [0.4, 0.5) is 5.69 Å². The van der Waals surface area contributed by atoms with Crippen LogP contribution in [-0.4, -0.2) is 52.7 Å². The van der Waals surface area contributed by atoms with Crippen LogP contribution in [0.3, 0.4) is 0 Å². The Morgan fingerprint density at radius 1 is 1.30 bits per heavy atom. The molecule has 2 rings (SSSR count). The highest BCUT2D eigenvalue weighted by Crippen LogP contribution is 2.23. The molecule has 1 aromatic rings. The number of rotatable bonds is 6. The summed E-state index contributed by atoms with van der Waals surface area (Å²) in [6.07, 6.45) is 0.485. The van der Waals surface area contributed by atoms with Crippen LogP contribution < -0.4 is 4.72 Å². The lowest BCUT2D eigenvalue weighted by Crippen LogP contribution is -2.46. The van der Waals surface area contributed by atoms with Crippen molar-refractivity contribution in [2.45, 2.75) is 31.2 Å². The molecule has 23 heavy (non-hydrogen) atoms. The first kappa shape index (κ1) is 18.2. The summed E-state index contributed by atoms with van der Waals surface area (Å²) in [6, 6.07) is 5.63. The molecule has 1 aromatic carbocycles. The van der Waals surface area contributed by atoms with Crippen molar-refractivity contribution in [1.82, 2.24) is 4.31 Å². The van der Waals surface area contributed by atoms with E-state index in [1.807, 2.05) is 0 Å². The average Bonchev–Trinajstić information content (AvgIpc) is 2.47. The number of sulfonamides is 2. The molecule has 0 radical (unpaired) electrons. The Bertz CT molecular complexity index is 746. The summed E-state index contributed by atoms with van der Waals surface area (Å²) in [5.41, 5.74) is 0.250. The number of nitrogens with zero attached hydrogens (tertiary/aromatic N) is 1. The Labute approximate surface area is 137 Å². The van der Waals surface area contributed by atoms with Crippen molar-refractivity contribution in [2.24, 2.45) is 0 Å². The van der Waals surface area contributed by atoms with Crippen LogP contribution in [0.15, 0.2) is 29.2 Å². The molecule has 0 amide bonds. The maximum atomic E-state index is 12.7. The summed E-state index contributed by atoms with van der Waals surface area (Å²) in [7, 11) is -7.14. The average molecular weight is 362 g/mol. The number of ether oxygens (including phenoxy) is 1. The van der Waals surface area contributed by atoms with Gasteiger partial charge in [0.05, 0.1) is 23.9 Å². The summed E-state index contributed by atoms with van der Waals surface area (Å²) in [6.45, 7) is 4.54. The Morgan fingerprint density at radius 3 is 2.70 bits per heavy atom. The largest absolute Gasteiger partial charge is 0.378 e. The summed E-state index contributed by atoms with van der Waals surface area (Å²) in [5, 5.41) is 0. The standard InChI is InChI=1S/C14H22N2O5S2/c1-3-9-22(17,18)15-13-5-4-6-14(10-13)23(19,20)16-7-8-21-11-12(16)2/h4-6,10,12,15H,3,7-9,11H2,1-2H3. The van der Waals surface area contributed by atoms with Gasteiger partial charge >= 0.3 is 0 Å². The van der Waals surface area contributed by atoms with E-state index >= 15 is 0 Å². The van der Waals surface area contributed by atoms with Gasteiger partial charge in [0.25, 0.3) is 0 Å². The summed E-state index contributed by atoms with van der Waals surface area (Å²) in [4.78, 5) is 0.0722. The maximum Gasteiger partial charge on any atom is 0.243 e. The molecule has 1 saturated heterocycles. The second-order valence-corrected chi connectivity index (χ2v) is 9.22. The fourth-order valence-electron chi connectivity index (χ4n) is 2.42. The van der Waals surface area contributed by atoms with E-state index in [2.05, 4.69) is 4.72 Å². The fourth-order valence-corrected chi connectivity index (χ4v) is 5.20. The van der Waals surface area contributed by atoms with Gasteiger partial charge in [-0.1, -0.05) is 13.0 Å². The SMILES string of the molecule is CCCS(=O)(=O)Nc1cccc(S(=O)(=O)N2CCOCC2C)c1. The molecule has 7 nitrogen and oxygen atoms in total. The Kier molecular flexibility index (Phi) is 5.66. The molecule has 0 bridgehead atoms. The van der Waals surface area contributed by atoms with Crippen LogP contribution in [0.1, 0.15) is 20.3 Å². The minimum absolute atomic E-state index is 0.00945. The zero-order valence-electron chi connectivity index (χ0n) is 13.2. The zero-order chi connectivity index (χ0) is 17.1. The number of hydrogen-bond donors (Lipinski definition) is 1. The molecule has 0 saturated carbocycles. The van der Waals surface area contributed by atoms with Crippen molar-refractivity contribution < 1.29 is 21.6 Å². The number of morpholine rings is 1. The number of nitrogens with one attached hydrogen (secondary N) is 1. The molecule has 1 fully saturated rings. The van der Waals surface area contributed by atoms with Crippen LogP contribution in [0.5, 0.6) is 0 Å². The van der Waals surface area contributed by atoms with Crippen LogP contribution >= 0.6 is 0 Å². The summed E-state index contributed by atoms with van der Waals surface area (Å²) < 4.78 is 58.2. The molecule has 1 aliphatic rings. The Morgan fingerprint density at radius 2 is 2.04 bits per heavy atom. The Hall–Kier alpha value is -1.16. The highest BCUT2D eigenvalue weighted by molar-refractivity contribution is 7.92. The molecular formula is C14H22N2O5S2. The molecular weight excluding hydrogens is 340 g/mol. The van der Waals surface area contributed by atoms with E-state index in [9.17, 15) is 16.8 Å². The highest BCUT2D eigenvalue weighted by atomic mass is 32.2. The predicted octanol–water partition coefficient (Wildman–Crippen LogP) is 1.25. The van der Waals surface area contributed by atoms with Gasteiger partial charge in [0.15, 0.2) is 0 Å². The number of anilines is 1. The van der Waals surface area contributed by atoms with Gasteiger partial charge in [-0.15, -0.1) is 0 Å². The van der Waals surface area contributed by atoms with E-state index in [4.69, 9.17) is 4.74 Å². The molecule has 130 valence electrons. The monoisotopic (exact) mass is 362 g/mol. The lowest BCUT2D eigenvalue weighted by atomic mass is 10.3. The van der Waals surface area contributed by atoms with E-state index < -0.39 is 20.0 Å². The molecule has 1 N–H and O–H groups in total. The van der Waals surface area contributed by atoms with Gasteiger partial charge in [0, 0.05) is 18.3 Å². The maximum absolute atomic E-state index is 12.7. The minimum atomic E-state index is -3.68. The first-order valence-corrected chi connectivity index (χ1v) is 10.6. The Balaban J connectivity index is 2.28. The van der Waals surface area contributed by atoms with E-state index in [0.717, 1.165) is 0 Å². The number of hydrogen-bond acceptors (Lipinski definition) is 5. The second-order valence-electron chi connectivity index (χ2n) is 5.49. The molecule has 1 atom stereocenters. The molecule has 1 aliphatic heterocycles. The third-order valence-electron chi connectivity index (χ3n) is 3.49. The minimum Gasteiger partial charge on any atom is -0.378 e. The van der Waals surface area contributed by atoms with Gasteiger partial charge in [-0.05, 0) is 31.5 Å². The van der Waals surface area contributed by atoms with Gasteiger partial charge in [0.2, 0.25) is 20.0 Å². The lowest BCUT2D eigenvalue weighted by Gasteiger charge is -2.32. The first-order valence-electron chi connectivity index (χ1n) is 7.46. The first-order chi connectivity index (χ1) is 10.8. The van der Waals surface area contributed by atoms with E-state index in [1.165, 1.54) is 28.6 Å². The van der Waals surface area contributed by atoms with Gasteiger partial charge in [-0.3, -0.25) is 4.72 Å². The van der Waals surface area contributed by atoms with Crippen molar-refractivity contribution in [2.75, 3.05) is 30.2 Å². The highest BCUT2D eigenvalue weighted by Gasteiger charge is 2.31. The second kappa shape index (κ2) is 7.16. The van der Waals surface area contributed by atoms with Crippen molar-refractivity contribution in [3.63, 3.8) is 0 Å². The summed E-state index contributed by atoms with van der Waals surface area (Å²) >= 11 is 0. The van der Waals surface area contributed by atoms with Crippen LogP contribution in [0, 0.1) is 0 Å². The molecule has 1 unspecified atom stereocenters. The predicted molar refractivity (Wildman–Crippen MR) is 88.3 cm³/mol. The molecule has 0 aromatic heterocycles. The van der Waals surface area contributed by atoms with E-state index in [0.29, 0.717) is 19.6 Å². The van der Waals surface area contributed by atoms with Gasteiger partial charge < -0.3 is 4.74 Å². The third-order valence-corrected chi connectivity index (χ3v) is 7.00. The van der Waals surface area contributed by atoms with E-state index in [1.54, 1.807) is 13.8 Å². The normalized spacial score (nSPS) is 20.3. The van der Waals surface area contributed by atoms with E-state index in [-0.39, 0.29) is 28.9 Å².